The maximum atomic E-state index is 15.4. The Bertz CT molecular complexity index is 1970. The van der Waals surface area contributed by atoms with Gasteiger partial charge in [0.15, 0.2) is 6.04 Å². The van der Waals surface area contributed by atoms with Gasteiger partial charge in [-0.05, 0) is 49.1 Å². The highest BCUT2D eigenvalue weighted by Gasteiger charge is 2.77. The molecule has 12 heteroatoms. The lowest BCUT2D eigenvalue weighted by Crippen LogP contribution is -2.70. The largest absolute Gasteiger partial charge is 0.458 e. The van der Waals surface area contributed by atoms with E-state index in [1.54, 1.807) is 9.96 Å². The van der Waals surface area contributed by atoms with Crippen LogP contribution in [0, 0.1) is 11.3 Å². The molecule has 292 valence electrons. The summed E-state index contributed by atoms with van der Waals surface area (Å²) in [5.41, 5.74) is 2.02. The van der Waals surface area contributed by atoms with Crippen molar-refractivity contribution in [3.8, 4) is 0 Å². The number of esters is 1. The number of carbonyl (C=O) groups is 3. The smallest absolute Gasteiger partial charge is 0.327 e. The van der Waals surface area contributed by atoms with Gasteiger partial charge in [0.25, 0.3) is 0 Å². The molecule has 3 aromatic carbocycles. The van der Waals surface area contributed by atoms with Gasteiger partial charge in [0, 0.05) is 30.6 Å². The van der Waals surface area contributed by atoms with Crippen molar-refractivity contribution in [1.29, 1.82) is 0 Å². The molecule has 12 nitrogen and oxygen atoms in total. The number of amides is 2. The summed E-state index contributed by atoms with van der Waals surface area (Å²) in [5.74, 6) is -2.12. The summed E-state index contributed by atoms with van der Waals surface area (Å²) < 4.78 is 26.2. The molecule has 10 rings (SSSR count). The predicted octanol–water partition coefficient (Wildman–Crippen LogP) is 3.85. The summed E-state index contributed by atoms with van der Waals surface area (Å²) in [6.07, 6.45) is 6.48. The van der Waals surface area contributed by atoms with E-state index < -0.39 is 53.7 Å². The van der Waals surface area contributed by atoms with Crippen molar-refractivity contribution >= 4 is 23.9 Å². The summed E-state index contributed by atoms with van der Waals surface area (Å²) >= 11 is 0. The van der Waals surface area contributed by atoms with E-state index in [0.717, 1.165) is 41.5 Å². The second-order valence-electron chi connectivity index (χ2n) is 16.3. The maximum Gasteiger partial charge on any atom is 0.327 e. The topological polar surface area (TPSA) is 139 Å². The first kappa shape index (κ1) is 35.9. The second kappa shape index (κ2) is 14.2. The number of hydrogen-bond donors (Lipinski definition) is 2. The molecule has 2 saturated carbocycles. The van der Waals surface area contributed by atoms with Crippen LogP contribution in [0.1, 0.15) is 60.8 Å². The second-order valence-corrected chi connectivity index (χ2v) is 16.3. The van der Waals surface area contributed by atoms with E-state index in [2.05, 4.69) is 29.6 Å². The zero-order chi connectivity index (χ0) is 38.0. The van der Waals surface area contributed by atoms with E-state index in [1.807, 2.05) is 72.8 Å². The van der Waals surface area contributed by atoms with Crippen LogP contribution in [0.25, 0.3) is 6.08 Å². The van der Waals surface area contributed by atoms with Gasteiger partial charge >= 0.3 is 5.97 Å². The van der Waals surface area contributed by atoms with Crippen LogP contribution in [0.15, 0.2) is 91.0 Å². The third kappa shape index (κ3) is 5.92. The van der Waals surface area contributed by atoms with Crippen LogP contribution >= 0.6 is 0 Å². The lowest BCUT2D eigenvalue weighted by atomic mass is 9.62. The Morgan fingerprint density at radius 2 is 1.66 bits per heavy atom. The first-order valence-electron chi connectivity index (χ1n) is 20.1. The Morgan fingerprint density at radius 3 is 2.41 bits per heavy atom. The molecule has 2 aliphatic carbocycles. The Balaban J connectivity index is 1.02. The van der Waals surface area contributed by atoms with E-state index in [4.69, 9.17) is 23.8 Å². The molecule has 7 aliphatic rings. The number of nitrogens with one attached hydrogen (secondary N) is 1. The van der Waals surface area contributed by atoms with Crippen molar-refractivity contribution in [3.05, 3.63) is 113 Å². The van der Waals surface area contributed by atoms with Crippen LogP contribution in [0.3, 0.4) is 0 Å². The molecule has 10 unspecified atom stereocenters. The zero-order valence-corrected chi connectivity index (χ0v) is 31.1. The molecular formula is C44H47N3O9. The van der Waals surface area contributed by atoms with E-state index in [1.165, 1.54) is 0 Å². The average Bonchev–Trinajstić information content (AvgIpc) is 3.51. The van der Waals surface area contributed by atoms with E-state index in [-0.39, 0.29) is 37.9 Å². The number of epoxide rings is 1. The van der Waals surface area contributed by atoms with Crippen LogP contribution in [0.2, 0.25) is 0 Å². The van der Waals surface area contributed by atoms with E-state index >= 15 is 4.79 Å². The van der Waals surface area contributed by atoms with E-state index in [9.17, 15) is 14.7 Å². The molecule has 5 heterocycles. The Hall–Kier alpha value is -4.43. The molecule has 0 radical (unpaired) electrons. The molecule has 0 spiro atoms. The number of likely N-dealkylation sites (tertiary alicyclic amines) is 1. The maximum absolute atomic E-state index is 15.4. The van der Waals surface area contributed by atoms with Gasteiger partial charge in [-0.2, -0.15) is 5.06 Å². The number of rotatable bonds is 10. The molecule has 56 heavy (non-hydrogen) atoms. The number of hydrogen-bond acceptors (Lipinski definition) is 10. The minimum Gasteiger partial charge on any atom is -0.458 e. The Kier molecular flexibility index (Phi) is 9.11. The van der Waals surface area contributed by atoms with Crippen molar-refractivity contribution in [3.63, 3.8) is 0 Å². The van der Waals surface area contributed by atoms with Gasteiger partial charge < -0.3 is 34.3 Å². The van der Waals surface area contributed by atoms with Crippen LogP contribution in [-0.2, 0) is 50.5 Å². The number of aliphatic hydroxyl groups excluding tert-OH is 1. The highest BCUT2D eigenvalue weighted by molar-refractivity contribution is 5.96. The number of aliphatic hydroxyl groups is 1. The third-order valence-corrected chi connectivity index (χ3v) is 13.0. The Labute approximate surface area is 325 Å². The van der Waals surface area contributed by atoms with Crippen LogP contribution in [0.5, 0.6) is 0 Å². The van der Waals surface area contributed by atoms with Crippen molar-refractivity contribution in [2.45, 2.75) is 99.6 Å². The Morgan fingerprint density at radius 1 is 0.893 bits per heavy atom. The van der Waals surface area contributed by atoms with Crippen LogP contribution in [0.4, 0.5) is 0 Å². The molecular weight excluding hydrogens is 714 g/mol. The summed E-state index contributed by atoms with van der Waals surface area (Å²) in [5, 5.41) is 13.8. The quantitative estimate of drug-likeness (QED) is 0.232. The molecule has 2 N–H and O–H groups in total. The minimum atomic E-state index is -1.44. The van der Waals surface area contributed by atoms with Gasteiger partial charge in [-0.25, -0.2) is 0 Å². The first-order valence-corrected chi connectivity index (χ1v) is 20.1. The molecule has 5 saturated heterocycles. The van der Waals surface area contributed by atoms with Crippen molar-refractivity contribution < 1.29 is 43.3 Å². The van der Waals surface area contributed by atoms with Gasteiger partial charge in [0.1, 0.15) is 35.9 Å². The molecule has 5 aliphatic heterocycles. The van der Waals surface area contributed by atoms with Crippen molar-refractivity contribution in [2.75, 3.05) is 19.7 Å². The fourth-order valence-electron chi connectivity index (χ4n) is 10.3. The lowest BCUT2D eigenvalue weighted by Gasteiger charge is -2.50. The van der Waals surface area contributed by atoms with Gasteiger partial charge in [-0.15, -0.1) is 0 Å². The molecule has 10 atom stereocenters. The fourth-order valence-corrected chi connectivity index (χ4v) is 10.3. The molecule has 2 bridgehead atoms. The normalized spacial score (nSPS) is 35.2. The molecule has 0 aromatic heterocycles. The monoisotopic (exact) mass is 761 g/mol. The highest BCUT2D eigenvalue weighted by Crippen LogP contribution is 2.60. The lowest BCUT2D eigenvalue weighted by molar-refractivity contribution is -0.214. The number of hydroxylamine groups is 2. The van der Waals surface area contributed by atoms with E-state index in [0.29, 0.717) is 37.5 Å². The first-order chi connectivity index (χ1) is 27.4. The average molecular weight is 762 g/mol. The molecule has 3 aromatic rings. The van der Waals surface area contributed by atoms with Crippen LogP contribution in [-0.4, -0.2) is 101 Å². The minimum absolute atomic E-state index is 0.0827. The number of fused-ring (bicyclic) bond motifs is 5. The third-order valence-electron chi connectivity index (χ3n) is 13.0. The van der Waals surface area contributed by atoms with Crippen molar-refractivity contribution in [2.24, 2.45) is 11.3 Å². The van der Waals surface area contributed by atoms with Crippen molar-refractivity contribution in [1.82, 2.24) is 15.3 Å². The van der Waals surface area contributed by atoms with Crippen LogP contribution < -0.4 is 5.32 Å². The van der Waals surface area contributed by atoms with Gasteiger partial charge in [0.05, 0.1) is 25.4 Å². The number of benzene rings is 3. The number of allylic oxidation sites excluding steroid dienone is 1. The summed E-state index contributed by atoms with van der Waals surface area (Å²) in [6, 6.07) is 25.6. The fraction of sp³-hybridized carbons (Fsp3) is 0.477. The summed E-state index contributed by atoms with van der Waals surface area (Å²) in [6.45, 7) is 0.428. The number of nitrogens with zero attached hydrogens (tertiary/aromatic N) is 2. The van der Waals surface area contributed by atoms with Gasteiger partial charge in [0.2, 0.25) is 17.6 Å². The summed E-state index contributed by atoms with van der Waals surface area (Å²) in [4.78, 5) is 51.8. The number of carbonyl (C=O) groups excluding carboxylic acids is 3. The number of ether oxygens (including phenoxy) is 4. The zero-order valence-electron chi connectivity index (χ0n) is 31.1. The van der Waals surface area contributed by atoms with Gasteiger partial charge in [-0.3, -0.25) is 19.2 Å². The molecule has 2 amide bonds. The summed E-state index contributed by atoms with van der Waals surface area (Å²) in [7, 11) is 0. The predicted molar refractivity (Wildman–Crippen MR) is 201 cm³/mol. The highest BCUT2D eigenvalue weighted by atomic mass is 16.8. The van der Waals surface area contributed by atoms with Gasteiger partial charge in [-0.1, -0.05) is 97.1 Å². The SMILES string of the molecule is O=C(NCCO)C1CCCN1C(=O)C12CC3OC(=O)C1N(Cc1cccc(C=CC4CCC5OC5C4)c1)OC2C1OC(c2ccccc2)(c2ccccc2)OC31. The molecule has 7 fully saturated rings. The standard InChI is InChI=1S/C44H47N3O9/c48-22-20-45-40(49)32-15-8-21-46(32)42(51)43-25-35-36-37(55-44(54-36,30-11-3-1-4-12-30)31-13-5-2-6-14-31)39(43)56-47(38(43)41(50)53-35)26-29-10-7-9-27(23-29)16-17-28-18-19-33-34(24-28)52-33/h1-7,9-14,16-17,23,28,32-39,48H,8,15,18-22,24-26H2,(H,45,49).